The number of aryl methyl sites for hydroxylation is 1. The number of hydrogen-bond acceptors (Lipinski definition) is 2. The van der Waals surface area contributed by atoms with Crippen molar-refractivity contribution in [2.24, 2.45) is 0 Å². The topological polar surface area (TPSA) is 49.4 Å². The van der Waals surface area contributed by atoms with E-state index in [1.807, 2.05) is 39.0 Å². The number of amides is 2. The Kier molecular flexibility index (Phi) is 4.46. The molecule has 2 aliphatic heterocycles. The fraction of sp³-hybridized carbons (Fsp3) is 0.412. The fourth-order valence-electron chi connectivity index (χ4n) is 2.78. The molecule has 4 nitrogen and oxygen atoms in total. The van der Waals surface area contributed by atoms with Gasteiger partial charge in [0.2, 0.25) is 5.91 Å². The molecule has 3 rings (SSSR count). The summed E-state index contributed by atoms with van der Waals surface area (Å²) < 4.78 is 0. The van der Waals surface area contributed by atoms with Gasteiger partial charge in [0.05, 0.1) is 0 Å². The number of fused-ring (bicyclic) bond motifs is 1. The van der Waals surface area contributed by atoms with E-state index in [0.29, 0.717) is 13.0 Å². The summed E-state index contributed by atoms with van der Waals surface area (Å²) in [6.07, 6.45) is 1.39. The van der Waals surface area contributed by atoms with E-state index in [9.17, 15) is 9.59 Å². The van der Waals surface area contributed by atoms with Crippen LogP contribution in [-0.4, -0.2) is 22.8 Å². The van der Waals surface area contributed by atoms with Crippen molar-refractivity contribution >= 4 is 11.8 Å². The Bertz CT molecular complexity index is 592. The van der Waals surface area contributed by atoms with E-state index >= 15 is 0 Å². The number of benzene rings is 1. The fourth-order valence-corrected chi connectivity index (χ4v) is 2.78. The standard InChI is InChI=1S/C15H16N2O2.C2H6/c1-9-3-5-12-11(7-9)8-17(15(12)19)13-6-4-10(2)16-14(13)18;1-2/h3,5,7,13H,2,4,6,8H2,1H3,(H,16,18);1-2H3. The Hall–Kier alpha value is -2.10. The van der Waals surface area contributed by atoms with Crippen LogP contribution in [-0.2, 0) is 11.3 Å². The second-order valence-corrected chi connectivity index (χ2v) is 5.24. The highest BCUT2D eigenvalue weighted by Gasteiger charge is 2.37. The highest BCUT2D eigenvalue weighted by atomic mass is 16.2. The summed E-state index contributed by atoms with van der Waals surface area (Å²) in [5.41, 5.74) is 3.61. The maximum Gasteiger partial charge on any atom is 0.255 e. The zero-order chi connectivity index (χ0) is 15.6. The number of rotatable bonds is 1. The summed E-state index contributed by atoms with van der Waals surface area (Å²) in [5.74, 6) is -0.156. The van der Waals surface area contributed by atoms with E-state index in [-0.39, 0.29) is 17.9 Å². The number of carbonyl (C=O) groups is 2. The lowest BCUT2D eigenvalue weighted by atomic mass is 10.0. The first-order valence-corrected chi connectivity index (χ1v) is 7.45. The zero-order valence-corrected chi connectivity index (χ0v) is 12.9. The molecule has 112 valence electrons. The van der Waals surface area contributed by atoms with Gasteiger partial charge in [0.25, 0.3) is 5.91 Å². The lowest BCUT2D eigenvalue weighted by Gasteiger charge is -2.30. The molecule has 1 aromatic rings. The van der Waals surface area contributed by atoms with Crippen molar-refractivity contribution in [2.75, 3.05) is 0 Å². The molecule has 0 aliphatic carbocycles. The van der Waals surface area contributed by atoms with Gasteiger partial charge in [-0.05, 0) is 31.4 Å². The van der Waals surface area contributed by atoms with E-state index in [0.717, 1.165) is 28.8 Å². The van der Waals surface area contributed by atoms with E-state index in [1.54, 1.807) is 4.90 Å². The number of allylic oxidation sites excluding steroid dienone is 1. The number of hydrogen-bond donors (Lipinski definition) is 1. The first-order chi connectivity index (χ1) is 10.1. The molecule has 0 bridgehead atoms. The molecule has 1 atom stereocenters. The van der Waals surface area contributed by atoms with Crippen LogP contribution in [0, 0.1) is 6.92 Å². The molecule has 1 aromatic carbocycles. The van der Waals surface area contributed by atoms with Crippen molar-refractivity contribution in [1.29, 1.82) is 0 Å². The SMILES string of the molecule is C=C1CCC(N2Cc3cc(C)ccc3C2=O)C(=O)N1.CC. The van der Waals surface area contributed by atoms with Crippen molar-refractivity contribution in [3.63, 3.8) is 0 Å². The molecule has 1 N–H and O–H groups in total. The summed E-state index contributed by atoms with van der Waals surface area (Å²) in [4.78, 5) is 26.0. The van der Waals surface area contributed by atoms with Crippen molar-refractivity contribution in [3.8, 4) is 0 Å². The van der Waals surface area contributed by atoms with Gasteiger partial charge in [-0.15, -0.1) is 0 Å². The van der Waals surface area contributed by atoms with Gasteiger partial charge in [-0.3, -0.25) is 9.59 Å². The number of nitrogens with zero attached hydrogens (tertiary/aromatic N) is 1. The summed E-state index contributed by atoms with van der Waals surface area (Å²) in [6, 6.07) is 5.44. The summed E-state index contributed by atoms with van der Waals surface area (Å²) in [5, 5.41) is 2.74. The Morgan fingerprint density at radius 1 is 1.29 bits per heavy atom. The average Bonchev–Trinajstić information content (AvgIpc) is 2.77. The molecule has 2 aliphatic rings. The van der Waals surface area contributed by atoms with Gasteiger partial charge < -0.3 is 10.2 Å². The van der Waals surface area contributed by atoms with Gasteiger partial charge in [-0.2, -0.15) is 0 Å². The smallest absolute Gasteiger partial charge is 0.255 e. The van der Waals surface area contributed by atoms with Crippen LogP contribution in [0.5, 0.6) is 0 Å². The minimum absolute atomic E-state index is 0.0392. The summed E-state index contributed by atoms with van der Waals surface area (Å²) in [6.45, 7) is 10.3. The highest BCUT2D eigenvalue weighted by Crippen LogP contribution is 2.28. The van der Waals surface area contributed by atoms with Crippen LogP contribution in [0.1, 0.15) is 48.2 Å². The average molecular weight is 286 g/mol. The van der Waals surface area contributed by atoms with Crippen LogP contribution in [0.3, 0.4) is 0 Å². The molecule has 2 amide bonds. The highest BCUT2D eigenvalue weighted by molar-refractivity contribution is 6.01. The Morgan fingerprint density at radius 2 is 2.00 bits per heavy atom. The van der Waals surface area contributed by atoms with Crippen LogP contribution in [0.2, 0.25) is 0 Å². The third-order valence-electron chi connectivity index (χ3n) is 3.79. The lowest BCUT2D eigenvalue weighted by molar-refractivity contribution is -0.126. The van der Waals surface area contributed by atoms with E-state index < -0.39 is 0 Å². The monoisotopic (exact) mass is 286 g/mol. The largest absolute Gasteiger partial charge is 0.329 e. The molecular formula is C17H22N2O2. The molecule has 0 radical (unpaired) electrons. The quantitative estimate of drug-likeness (QED) is 0.863. The van der Waals surface area contributed by atoms with Gasteiger partial charge in [-0.1, -0.05) is 38.1 Å². The molecule has 0 saturated carbocycles. The van der Waals surface area contributed by atoms with Gasteiger partial charge in [-0.25, -0.2) is 0 Å². The molecule has 4 heteroatoms. The third kappa shape index (κ3) is 2.84. The number of nitrogens with one attached hydrogen (secondary N) is 1. The van der Waals surface area contributed by atoms with Gasteiger partial charge in [0.1, 0.15) is 6.04 Å². The van der Waals surface area contributed by atoms with Crippen LogP contribution < -0.4 is 5.32 Å². The van der Waals surface area contributed by atoms with Crippen molar-refractivity contribution in [3.05, 3.63) is 47.2 Å². The Morgan fingerprint density at radius 3 is 2.67 bits per heavy atom. The Labute approximate surface area is 125 Å². The first-order valence-electron chi connectivity index (χ1n) is 7.45. The van der Waals surface area contributed by atoms with Crippen molar-refractivity contribution < 1.29 is 9.59 Å². The predicted octanol–water partition coefficient (Wildman–Crippen LogP) is 2.77. The van der Waals surface area contributed by atoms with Crippen molar-refractivity contribution in [1.82, 2.24) is 10.2 Å². The van der Waals surface area contributed by atoms with Crippen LogP contribution in [0.25, 0.3) is 0 Å². The molecule has 1 unspecified atom stereocenters. The first kappa shape index (κ1) is 15.3. The second-order valence-electron chi connectivity index (χ2n) is 5.24. The van der Waals surface area contributed by atoms with E-state index in [2.05, 4.69) is 11.9 Å². The second kappa shape index (κ2) is 6.12. The van der Waals surface area contributed by atoms with Gasteiger partial charge >= 0.3 is 0 Å². The molecule has 1 fully saturated rings. The molecule has 2 heterocycles. The van der Waals surface area contributed by atoms with E-state index in [1.165, 1.54) is 0 Å². The molecular weight excluding hydrogens is 264 g/mol. The summed E-state index contributed by atoms with van der Waals surface area (Å²) in [7, 11) is 0. The third-order valence-corrected chi connectivity index (χ3v) is 3.79. The maximum absolute atomic E-state index is 12.4. The van der Waals surface area contributed by atoms with E-state index in [4.69, 9.17) is 0 Å². The predicted molar refractivity (Wildman–Crippen MR) is 82.7 cm³/mol. The maximum atomic E-state index is 12.4. The van der Waals surface area contributed by atoms with Crippen LogP contribution in [0.15, 0.2) is 30.5 Å². The van der Waals surface area contributed by atoms with Crippen LogP contribution >= 0.6 is 0 Å². The summed E-state index contributed by atoms with van der Waals surface area (Å²) >= 11 is 0. The molecule has 21 heavy (non-hydrogen) atoms. The zero-order valence-electron chi connectivity index (χ0n) is 12.9. The molecule has 0 spiro atoms. The minimum Gasteiger partial charge on any atom is -0.329 e. The van der Waals surface area contributed by atoms with Gasteiger partial charge in [0, 0.05) is 17.8 Å². The van der Waals surface area contributed by atoms with Gasteiger partial charge in [0.15, 0.2) is 0 Å². The normalized spacial score (nSPS) is 20.6. The Balaban J connectivity index is 0.000000774. The molecule has 0 aromatic heterocycles. The molecule has 1 saturated heterocycles. The lowest BCUT2D eigenvalue weighted by Crippen LogP contribution is -2.49. The van der Waals surface area contributed by atoms with Crippen LogP contribution in [0.4, 0.5) is 0 Å². The van der Waals surface area contributed by atoms with Crippen molar-refractivity contribution in [2.45, 2.75) is 46.2 Å². The number of piperidine rings is 1. The minimum atomic E-state index is -0.370. The number of carbonyl (C=O) groups excluding carboxylic acids is 2.